The number of carbonyl (C=O) groups is 1. The van der Waals surface area contributed by atoms with E-state index in [1.807, 2.05) is 0 Å². The number of nitrogens with two attached hydrogens (primary N) is 1. The monoisotopic (exact) mass is 493 g/mol. The number of carbonyl (C=O) groups excluding carboxylic acids is 1. The molecule has 2 aromatic rings. The summed E-state index contributed by atoms with van der Waals surface area (Å²) in [5.74, 6) is 0.431. The molecule has 2 saturated carbocycles. The van der Waals surface area contributed by atoms with E-state index in [0.29, 0.717) is 18.0 Å². The number of likely N-dealkylation sites (tertiary alicyclic amines) is 1. The molecule has 188 valence electrons. The van der Waals surface area contributed by atoms with E-state index in [-0.39, 0.29) is 34.7 Å². The Bertz CT molecular complexity index is 1040. The zero-order chi connectivity index (χ0) is 23.6. The molecule has 4 bridgehead atoms. The molecule has 3 aliphatic heterocycles. The third kappa shape index (κ3) is 4.12. The molecule has 2 aromatic carbocycles. The minimum Gasteiger partial charge on any atom is -1.00 e. The van der Waals surface area contributed by atoms with Gasteiger partial charge in [0.05, 0.1) is 17.5 Å². The van der Waals surface area contributed by atoms with Crippen LogP contribution >= 0.6 is 0 Å². The number of rotatable bonds is 4. The molecule has 3 saturated heterocycles. The van der Waals surface area contributed by atoms with Crippen LogP contribution in [0.1, 0.15) is 63.5 Å². The maximum absolute atomic E-state index is 14.4. The maximum atomic E-state index is 14.4. The topological polar surface area (TPSA) is 50.8 Å². The summed E-state index contributed by atoms with van der Waals surface area (Å²) in [6.07, 6.45) is 6.45. The highest BCUT2D eigenvalue weighted by Gasteiger charge is 2.66. The Morgan fingerprint density at radius 3 is 2.17 bits per heavy atom. The van der Waals surface area contributed by atoms with Gasteiger partial charge >= 0.3 is 0 Å². The van der Waals surface area contributed by atoms with Gasteiger partial charge in [-0.25, -0.2) is 0 Å². The van der Waals surface area contributed by atoms with Crippen LogP contribution in [0.5, 0.6) is 0 Å². The second-order valence-corrected chi connectivity index (χ2v) is 12.7. The summed E-state index contributed by atoms with van der Waals surface area (Å²) < 4.78 is 0. The normalized spacial score (nSPS) is 37.1. The Morgan fingerprint density at radius 2 is 1.57 bits per heavy atom. The fraction of sp³-hybridized carbons (Fsp3) is 0.567. The third-order valence-corrected chi connectivity index (χ3v) is 9.96. The van der Waals surface area contributed by atoms with Crippen molar-refractivity contribution in [3.05, 3.63) is 71.8 Å². The number of quaternary nitrogens is 1. The van der Waals surface area contributed by atoms with Crippen LogP contribution in [-0.4, -0.2) is 42.0 Å². The maximum Gasteiger partial charge on any atom is 0.229 e. The van der Waals surface area contributed by atoms with Gasteiger partial charge in [0.25, 0.3) is 0 Å². The standard InChI is InChI=1S/C30H39N3O.ClH/c1-28(2)21-32(14-13-26(28)31)27(34)30-17-24-15-29(20-30,23-11-7-4-8-12-23)16-25(18-30)33(24)19-22-9-5-3-6-10-22;/h3-12,24-26H,13-21,31H2,1-2H3;1H/t24?,25?,26-,29?,30?;/m0./s1. The molecule has 35 heavy (non-hydrogen) atoms. The number of nitrogens with zero attached hydrogens (tertiary/aromatic N) is 1. The van der Waals surface area contributed by atoms with Crippen molar-refractivity contribution in [3.63, 3.8) is 0 Å². The SMILES string of the molecule is CC1(C)CN(C(=O)C23CC4CC(c5ccccc5)(CC(C2)[NH+]4Cc2ccccc2)C3)CC[C@@H]1N.[Cl-]. The van der Waals surface area contributed by atoms with Crippen molar-refractivity contribution >= 4 is 5.91 Å². The predicted octanol–water partition coefficient (Wildman–Crippen LogP) is 0.314. The first-order chi connectivity index (χ1) is 16.3. The summed E-state index contributed by atoms with van der Waals surface area (Å²) in [7, 11) is 0. The highest BCUT2D eigenvalue weighted by molar-refractivity contribution is 5.84. The summed E-state index contributed by atoms with van der Waals surface area (Å²) in [6.45, 7) is 7.15. The molecular weight excluding hydrogens is 454 g/mol. The minimum atomic E-state index is -0.209. The van der Waals surface area contributed by atoms with Crippen LogP contribution in [0, 0.1) is 10.8 Å². The van der Waals surface area contributed by atoms with E-state index in [2.05, 4.69) is 79.4 Å². The Hall–Kier alpha value is -1.88. The van der Waals surface area contributed by atoms with Gasteiger partial charge in [0.2, 0.25) is 5.91 Å². The van der Waals surface area contributed by atoms with Gasteiger partial charge in [0.15, 0.2) is 0 Å². The molecule has 7 rings (SSSR count). The van der Waals surface area contributed by atoms with E-state index in [1.54, 1.807) is 4.90 Å². The van der Waals surface area contributed by atoms with E-state index in [1.165, 1.54) is 24.0 Å². The fourth-order valence-electron chi connectivity index (χ4n) is 8.37. The number of hydrogen-bond donors (Lipinski definition) is 2. The molecule has 5 fully saturated rings. The first-order valence-corrected chi connectivity index (χ1v) is 13.3. The lowest BCUT2D eigenvalue weighted by molar-refractivity contribution is -0.980. The summed E-state index contributed by atoms with van der Waals surface area (Å²) in [5, 5.41) is 0. The second-order valence-electron chi connectivity index (χ2n) is 12.7. The van der Waals surface area contributed by atoms with Crippen molar-refractivity contribution in [1.82, 2.24) is 4.90 Å². The lowest BCUT2D eigenvalue weighted by Gasteiger charge is -2.64. The van der Waals surface area contributed by atoms with Crippen LogP contribution in [0.3, 0.4) is 0 Å². The van der Waals surface area contributed by atoms with Gasteiger partial charge in [-0.15, -0.1) is 0 Å². The summed E-state index contributed by atoms with van der Waals surface area (Å²) in [6, 6.07) is 23.4. The van der Waals surface area contributed by atoms with Crippen molar-refractivity contribution in [2.24, 2.45) is 16.6 Å². The largest absolute Gasteiger partial charge is 1.00 e. The minimum absolute atomic E-state index is 0. The quantitative estimate of drug-likeness (QED) is 0.644. The van der Waals surface area contributed by atoms with Crippen molar-refractivity contribution in [3.8, 4) is 0 Å². The second kappa shape index (κ2) is 8.90. The van der Waals surface area contributed by atoms with Crippen LogP contribution in [0.25, 0.3) is 0 Å². The van der Waals surface area contributed by atoms with E-state index >= 15 is 0 Å². The summed E-state index contributed by atoms with van der Waals surface area (Å²) in [4.78, 5) is 18.3. The van der Waals surface area contributed by atoms with Gasteiger partial charge in [0, 0.05) is 55.8 Å². The lowest BCUT2D eigenvalue weighted by Crippen LogP contribution is -3.22. The van der Waals surface area contributed by atoms with Crippen LogP contribution < -0.4 is 23.0 Å². The van der Waals surface area contributed by atoms with Gasteiger partial charge < -0.3 is 27.9 Å². The molecule has 3 atom stereocenters. The first kappa shape index (κ1) is 24.8. The van der Waals surface area contributed by atoms with E-state index in [4.69, 9.17) is 5.73 Å². The number of amides is 1. The van der Waals surface area contributed by atoms with E-state index in [9.17, 15) is 4.79 Å². The molecule has 0 radical (unpaired) electrons. The highest BCUT2D eigenvalue weighted by Crippen LogP contribution is 2.59. The zero-order valence-electron chi connectivity index (χ0n) is 21.2. The summed E-state index contributed by atoms with van der Waals surface area (Å²) >= 11 is 0. The van der Waals surface area contributed by atoms with Gasteiger partial charge in [-0.2, -0.15) is 0 Å². The van der Waals surface area contributed by atoms with Gasteiger partial charge in [0.1, 0.15) is 6.54 Å². The van der Waals surface area contributed by atoms with Crippen LogP contribution in [0.2, 0.25) is 0 Å². The molecule has 4 nitrogen and oxygen atoms in total. The van der Waals surface area contributed by atoms with Gasteiger partial charge in [-0.3, -0.25) is 4.79 Å². The predicted molar refractivity (Wildman–Crippen MR) is 135 cm³/mol. The third-order valence-electron chi connectivity index (χ3n) is 9.96. The molecule has 3 heterocycles. The van der Waals surface area contributed by atoms with Gasteiger partial charge in [-0.05, 0) is 23.8 Å². The fourth-order valence-corrected chi connectivity index (χ4v) is 8.37. The van der Waals surface area contributed by atoms with E-state index in [0.717, 1.165) is 45.3 Å². The number of piperidine rings is 3. The molecule has 3 N–H and O–H groups in total. The molecule has 1 amide bonds. The average Bonchev–Trinajstić information content (AvgIpc) is 2.83. The van der Waals surface area contributed by atoms with Crippen LogP contribution in [0.15, 0.2) is 60.7 Å². The lowest BCUT2D eigenvalue weighted by atomic mass is 9.47. The Balaban J connectivity index is 0.00000253. The van der Waals surface area contributed by atoms with Crippen LogP contribution in [0.4, 0.5) is 0 Å². The molecule has 0 aromatic heterocycles. The smallest absolute Gasteiger partial charge is 0.229 e. The molecule has 2 unspecified atom stereocenters. The number of halogens is 1. The van der Waals surface area contributed by atoms with Crippen molar-refractivity contribution < 1.29 is 22.1 Å². The van der Waals surface area contributed by atoms with Crippen molar-refractivity contribution in [2.45, 2.75) is 82.5 Å². The van der Waals surface area contributed by atoms with Crippen molar-refractivity contribution in [2.75, 3.05) is 13.1 Å². The number of hydrogen-bond acceptors (Lipinski definition) is 2. The molecule has 0 spiro atoms. The molecule has 5 heteroatoms. The Morgan fingerprint density at radius 1 is 0.971 bits per heavy atom. The van der Waals surface area contributed by atoms with E-state index < -0.39 is 0 Å². The molecule has 5 aliphatic rings. The Kier molecular flexibility index (Phi) is 6.31. The summed E-state index contributed by atoms with van der Waals surface area (Å²) in [5.41, 5.74) is 9.23. The first-order valence-electron chi connectivity index (χ1n) is 13.3. The van der Waals surface area contributed by atoms with Crippen molar-refractivity contribution in [1.29, 1.82) is 0 Å². The highest BCUT2D eigenvalue weighted by atomic mass is 35.5. The van der Waals surface area contributed by atoms with Crippen LogP contribution in [-0.2, 0) is 16.8 Å². The average molecular weight is 494 g/mol. The zero-order valence-corrected chi connectivity index (χ0v) is 21.9. The Labute approximate surface area is 216 Å². The number of benzene rings is 2. The molecular formula is C30H40ClN3O. The molecule has 2 aliphatic carbocycles. The van der Waals surface area contributed by atoms with Gasteiger partial charge in [-0.1, -0.05) is 74.5 Å². The number of nitrogens with one attached hydrogen (secondary N) is 1.